The van der Waals surface area contributed by atoms with Crippen LogP contribution >= 0.6 is 0 Å². The van der Waals surface area contributed by atoms with Gasteiger partial charge in [0, 0.05) is 43.8 Å². The molecule has 2 aliphatic heterocycles. The number of rotatable bonds is 7. The minimum atomic E-state index is -2.25. The number of alkyl halides is 1. The maximum Gasteiger partial charge on any atom is 0.270 e. The van der Waals surface area contributed by atoms with E-state index in [-0.39, 0.29) is 30.5 Å². The lowest BCUT2D eigenvalue weighted by molar-refractivity contribution is -0.126. The van der Waals surface area contributed by atoms with E-state index in [4.69, 9.17) is 16.1 Å². The molecule has 2 amide bonds. The number of hydrogen-bond donors (Lipinski definition) is 2. The lowest BCUT2D eigenvalue weighted by Gasteiger charge is -2.32. The van der Waals surface area contributed by atoms with Crippen LogP contribution in [0.15, 0.2) is 37.1 Å². The van der Waals surface area contributed by atoms with Gasteiger partial charge < -0.3 is 30.1 Å². The molecule has 1 saturated carbocycles. The molecule has 3 aliphatic rings. The molecule has 41 heavy (non-hydrogen) atoms. The molecule has 2 aromatic rings. The third-order valence-corrected chi connectivity index (χ3v) is 8.26. The maximum atomic E-state index is 15.8. The Kier molecular flexibility index (Phi) is 8.01. The summed E-state index contributed by atoms with van der Waals surface area (Å²) in [7, 11) is 3.05. The number of benzene rings is 1. The van der Waals surface area contributed by atoms with E-state index in [0.717, 1.165) is 57.7 Å². The molecule has 2 fully saturated rings. The highest BCUT2D eigenvalue weighted by molar-refractivity contribution is 6.04. The average Bonchev–Trinajstić information content (AvgIpc) is 3.52. The fraction of sp³-hybridized carbons (Fsp3) is 0.467. The van der Waals surface area contributed by atoms with E-state index in [1.165, 1.54) is 25.3 Å². The van der Waals surface area contributed by atoms with Gasteiger partial charge in [0.1, 0.15) is 11.4 Å². The van der Waals surface area contributed by atoms with Crippen molar-refractivity contribution in [3.8, 4) is 18.2 Å². The number of methoxy groups -OCH3 is 1. The van der Waals surface area contributed by atoms with Crippen LogP contribution in [0.2, 0.25) is 0 Å². The van der Waals surface area contributed by atoms with Crippen LogP contribution in [-0.2, 0) is 4.79 Å². The van der Waals surface area contributed by atoms with Crippen molar-refractivity contribution in [2.45, 2.75) is 56.3 Å². The predicted molar refractivity (Wildman–Crippen MR) is 156 cm³/mol. The van der Waals surface area contributed by atoms with E-state index in [2.05, 4.69) is 28.2 Å². The van der Waals surface area contributed by atoms with Crippen LogP contribution in [-0.4, -0.2) is 78.2 Å². The molecule has 1 aliphatic carbocycles. The van der Waals surface area contributed by atoms with Crippen molar-refractivity contribution in [1.82, 2.24) is 20.2 Å². The Morgan fingerprint density at radius 1 is 1.27 bits per heavy atom. The van der Waals surface area contributed by atoms with Gasteiger partial charge in [0.15, 0.2) is 5.82 Å². The minimum absolute atomic E-state index is 0.0528. The SMILES string of the molecule is C#CN1CCC(NC(=O)c2ccc(Nc3ncc4c(n3)N(C3CCCC3)C[C@](F)(C=C)C(=O)N4C)c(OC)c2)CC1. The van der Waals surface area contributed by atoms with Crippen molar-refractivity contribution in [3.63, 3.8) is 0 Å². The quantitative estimate of drug-likeness (QED) is 0.390. The van der Waals surface area contributed by atoms with E-state index in [1.54, 1.807) is 18.2 Å². The topological polar surface area (TPSA) is 103 Å². The molecule has 0 radical (unpaired) electrons. The first-order chi connectivity index (χ1) is 19.8. The number of carbonyl (C=O) groups excluding carboxylic acids is 2. The van der Waals surface area contributed by atoms with Crippen molar-refractivity contribution in [1.29, 1.82) is 0 Å². The Hall–Kier alpha value is -4.33. The molecular weight excluding hydrogens is 525 g/mol. The summed E-state index contributed by atoms with van der Waals surface area (Å²) in [6, 6.07) is 7.86. The summed E-state index contributed by atoms with van der Waals surface area (Å²) >= 11 is 0. The highest BCUT2D eigenvalue weighted by Gasteiger charge is 2.46. The third kappa shape index (κ3) is 5.64. The largest absolute Gasteiger partial charge is 0.495 e. The second kappa shape index (κ2) is 11.6. The van der Waals surface area contributed by atoms with Gasteiger partial charge in [-0.3, -0.25) is 9.59 Å². The highest BCUT2D eigenvalue weighted by Crippen LogP contribution is 2.40. The number of amides is 2. The number of terminal acetylenes is 1. The van der Waals surface area contributed by atoms with Crippen LogP contribution in [0.5, 0.6) is 5.75 Å². The molecular formula is C30H36FN7O3. The zero-order chi connectivity index (χ0) is 29.1. The molecule has 0 spiro atoms. The Labute approximate surface area is 240 Å². The highest BCUT2D eigenvalue weighted by atomic mass is 19.1. The summed E-state index contributed by atoms with van der Waals surface area (Å²) in [4.78, 5) is 40.2. The second-order valence-electron chi connectivity index (χ2n) is 10.8. The minimum Gasteiger partial charge on any atom is -0.495 e. The molecule has 1 saturated heterocycles. The fourth-order valence-electron chi connectivity index (χ4n) is 5.80. The lowest BCUT2D eigenvalue weighted by atomic mass is 10.0. The molecule has 1 aromatic carbocycles. The molecule has 1 aromatic heterocycles. The molecule has 3 heterocycles. The van der Waals surface area contributed by atoms with Crippen molar-refractivity contribution in [2.24, 2.45) is 0 Å². The van der Waals surface area contributed by atoms with E-state index in [1.807, 2.05) is 9.80 Å². The Bertz CT molecular complexity index is 1360. The molecule has 1 atom stereocenters. The Morgan fingerprint density at radius 3 is 2.66 bits per heavy atom. The summed E-state index contributed by atoms with van der Waals surface area (Å²) in [5, 5.41) is 6.26. The van der Waals surface area contributed by atoms with E-state index >= 15 is 4.39 Å². The number of ether oxygens (including phenoxy) is 1. The standard InChI is InChI=1S/C30H36FN7O3/c1-5-30(31)19-38(22-9-7-8-10-22)26-24(36(3)28(30)40)18-32-29(35-26)34-23-12-11-20(17-25(23)41-4)27(39)33-21-13-15-37(6-2)16-14-21/h2,5,11-12,17-18,21-22H,1,7-10,13-16,19H2,3-4H3,(H,33,39)(H,32,34,35)/t30-/m1/s1. The van der Waals surface area contributed by atoms with Crippen LogP contribution in [0.25, 0.3) is 0 Å². The lowest BCUT2D eigenvalue weighted by Crippen LogP contribution is -2.49. The number of halogens is 1. The van der Waals surface area contributed by atoms with Gasteiger partial charge in [0.25, 0.3) is 11.8 Å². The van der Waals surface area contributed by atoms with Crippen molar-refractivity contribution < 1.29 is 18.7 Å². The van der Waals surface area contributed by atoms with Gasteiger partial charge in [0.05, 0.1) is 25.5 Å². The van der Waals surface area contributed by atoms with Crippen LogP contribution in [0.3, 0.4) is 0 Å². The molecule has 0 unspecified atom stereocenters. The first kappa shape index (κ1) is 28.2. The zero-order valence-corrected chi connectivity index (χ0v) is 23.5. The van der Waals surface area contributed by atoms with Gasteiger partial charge in [-0.05, 0) is 50.0 Å². The molecule has 0 bridgehead atoms. The third-order valence-electron chi connectivity index (χ3n) is 8.26. The number of anilines is 4. The number of carbonyl (C=O) groups is 2. The number of nitrogens with one attached hydrogen (secondary N) is 2. The van der Waals surface area contributed by atoms with Gasteiger partial charge >= 0.3 is 0 Å². The second-order valence-corrected chi connectivity index (χ2v) is 10.8. The predicted octanol–water partition coefficient (Wildman–Crippen LogP) is 3.63. The summed E-state index contributed by atoms with van der Waals surface area (Å²) in [6.45, 7) is 4.94. The number of fused-ring (bicyclic) bond motifs is 1. The van der Waals surface area contributed by atoms with E-state index < -0.39 is 11.6 Å². The van der Waals surface area contributed by atoms with Crippen LogP contribution in [0.1, 0.15) is 48.9 Å². The maximum absolute atomic E-state index is 15.8. The summed E-state index contributed by atoms with van der Waals surface area (Å²) < 4.78 is 21.4. The van der Waals surface area contributed by atoms with Crippen LogP contribution in [0, 0.1) is 12.5 Å². The van der Waals surface area contributed by atoms with Gasteiger partial charge in [-0.2, -0.15) is 4.98 Å². The number of likely N-dealkylation sites (tertiary alicyclic amines) is 1. The molecule has 11 heteroatoms. The first-order valence-electron chi connectivity index (χ1n) is 14.0. The monoisotopic (exact) mass is 561 g/mol. The van der Waals surface area contributed by atoms with E-state index in [0.29, 0.717) is 28.5 Å². The molecule has 10 nitrogen and oxygen atoms in total. The van der Waals surface area contributed by atoms with Gasteiger partial charge in [-0.15, -0.1) is 0 Å². The molecule has 216 valence electrons. The van der Waals surface area contributed by atoms with E-state index in [9.17, 15) is 9.59 Å². The smallest absolute Gasteiger partial charge is 0.270 e. The Morgan fingerprint density at radius 2 is 2.00 bits per heavy atom. The summed E-state index contributed by atoms with van der Waals surface area (Å²) in [5.41, 5.74) is -0.793. The van der Waals surface area contributed by atoms with Crippen molar-refractivity contribution in [2.75, 3.05) is 48.9 Å². The summed E-state index contributed by atoms with van der Waals surface area (Å²) in [5.74, 6) is 0.293. The number of aromatic nitrogens is 2. The molecule has 2 N–H and O–H groups in total. The number of hydrogen-bond acceptors (Lipinski definition) is 8. The zero-order valence-electron chi connectivity index (χ0n) is 23.5. The Balaban J connectivity index is 1.38. The van der Waals surface area contributed by atoms with Crippen molar-refractivity contribution >= 4 is 35.0 Å². The van der Waals surface area contributed by atoms with Crippen LogP contribution in [0.4, 0.5) is 27.5 Å². The molecule has 5 rings (SSSR count). The van der Waals surface area contributed by atoms with Gasteiger partial charge in [0.2, 0.25) is 11.6 Å². The number of piperidine rings is 1. The van der Waals surface area contributed by atoms with Gasteiger partial charge in [-0.25, -0.2) is 9.37 Å². The average molecular weight is 562 g/mol. The normalized spacial score (nSPS) is 21.6. The number of nitrogens with zero attached hydrogens (tertiary/aromatic N) is 5. The van der Waals surface area contributed by atoms with Gasteiger partial charge in [-0.1, -0.05) is 25.8 Å². The fourth-order valence-corrected chi connectivity index (χ4v) is 5.80. The van der Waals surface area contributed by atoms with Crippen molar-refractivity contribution in [3.05, 3.63) is 42.6 Å². The summed E-state index contributed by atoms with van der Waals surface area (Å²) in [6.07, 6.45) is 13.5. The first-order valence-corrected chi connectivity index (χ1v) is 14.0. The van der Waals surface area contributed by atoms with Crippen LogP contribution < -0.4 is 25.2 Å².